The number of benzene rings is 6. The summed E-state index contributed by atoms with van der Waals surface area (Å²) in [6.45, 7) is 0. The molecule has 5 heterocycles. The molecule has 0 fully saturated rings. The minimum Gasteiger partial charge on any atom is -0.308 e. The average molecular weight is 623 g/mol. The van der Waals surface area contributed by atoms with Gasteiger partial charge in [0.15, 0.2) is 0 Å². The Balaban J connectivity index is 1.45. The molecule has 0 spiro atoms. The second-order valence-corrected chi connectivity index (χ2v) is 13.9. The third-order valence-electron chi connectivity index (χ3n) is 9.44. The van der Waals surface area contributed by atoms with Crippen LogP contribution in [0.3, 0.4) is 0 Å². The highest BCUT2D eigenvalue weighted by Crippen LogP contribution is 2.50. The van der Waals surface area contributed by atoms with E-state index in [1.165, 1.54) is 79.6 Å². The van der Waals surface area contributed by atoms with E-state index in [1.54, 1.807) is 17.7 Å². The van der Waals surface area contributed by atoms with Crippen LogP contribution in [0.4, 0.5) is 0 Å². The Labute approximate surface area is 270 Å². The third kappa shape index (κ3) is 3.12. The minimum atomic E-state index is 1.00. The van der Waals surface area contributed by atoms with Crippen molar-refractivity contribution in [2.75, 3.05) is 0 Å². The first-order valence-electron chi connectivity index (χ1n) is 15.3. The predicted molar refractivity (Wildman–Crippen MR) is 196 cm³/mol. The maximum atomic E-state index is 4.91. The molecular weight excluding hydrogens is 601 g/mol. The van der Waals surface area contributed by atoms with Crippen LogP contribution in [0.15, 0.2) is 134 Å². The smallest absolute Gasteiger partial charge is 0.116 e. The molecule has 0 bridgehead atoms. The van der Waals surface area contributed by atoms with E-state index >= 15 is 0 Å². The summed E-state index contributed by atoms with van der Waals surface area (Å²) < 4.78 is 9.92. The van der Waals surface area contributed by atoms with Gasteiger partial charge in [0.05, 0.1) is 32.3 Å². The van der Waals surface area contributed by atoms with Gasteiger partial charge in [-0.1, -0.05) is 72.8 Å². The van der Waals surface area contributed by atoms with Crippen molar-refractivity contribution in [1.82, 2.24) is 19.1 Å². The Morgan fingerprint density at radius 3 is 1.96 bits per heavy atom. The molecule has 0 N–H and O–H groups in total. The van der Waals surface area contributed by atoms with Crippen LogP contribution >= 0.6 is 22.7 Å². The molecule has 0 aliphatic rings. The maximum Gasteiger partial charge on any atom is 0.116 e. The second-order valence-electron chi connectivity index (χ2n) is 11.8. The Morgan fingerprint density at radius 2 is 1.13 bits per heavy atom. The Hall–Kier alpha value is -5.56. The summed E-state index contributed by atoms with van der Waals surface area (Å²) in [6, 6.07) is 44.2. The van der Waals surface area contributed by atoms with E-state index in [-0.39, 0.29) is 0 Å². The van der Waals surface area contributed by atoms with Crippen LogP contribution in [0.1, 0.15) is 0 Å². The van der Waals surface area contributed by atoms with Crippen LogP contribution in [0.5, 0.6) is 0 Å². The molecule has 6 heteroatoms. The van der Waals surface area contributed by atoms with Crippen molar-refractivity contribution in [2.45, 2.75) is 0 Å². The first-order valence-corrected chi connectivity index (χ1v) is 17.0. The maximum absolute atomic E-state index is 4.91. The molecule has 0 amide bonds. The van der Waals surface area contributed by atoms with Gasteiger partial charge in [-0.15, -0.1) is 22.7 Å². The van der Waals surface area contributed by atoms with Crippen LogP contribution in [0.2, 0.25) is 0 Å². The topological polar surface area (TPSA) is 35.6 Å². The molecule has 0 unspecified atom stereocenters. The van der Waals surface area contributed by atoms with E-state index in [9.17, 15) is 0 Å². The van der Waals surface area contributed by atoms with Crippen molar-refractivity contribution < 1.29 is 0 Å². The molecule has 4 nitrogen and oxygen atoms in total. The fourth-order valence-electron chi connectivity index (χ4n) is 7.63. The van der Waals surface area contributed by atoms with Gasteiger partial charge in [-0.2, -0.15) is 0 Å². The first-order chi connectivity index (χ1) is 22.8. The van der Waals surface area contributed by atoms with Crippen LogP contribution in [0.25, 0.3) is 95.5 Å². The van der Waals surface area contributed by atoms with Gasteiger partial charge in [0.2, 0.25) is 0 Å². The summed E-state index contributed by atoms with van der Waals surface area (Å²) in [5.74, 6) is 0. The number of hydrogen-bond acceptors (Lipinski definition) is 4. The van der Waals surface area contributed by atoms with Gasteiger partial charge in [-0.05, 0) is 48.5 Å². The quantitative estimate of drug-likeness (QED) is 0.192. The lowest BCUT2D eigenvalue weighted by Crippen LogP contribution is -1.96. The summed E-state index contributed by atoms with van der Waals surface area (Å²) in [6.07, 6.45) is 3.65. The first kappa shape index (κ1) is 24.7. The summed E-state index contributed by atoms with van der Waals surface area (Å²) in [7, 11) is 0. The van der Waals surface area contributed by atoms with Gasteiger partial charge in [-0.25, -0.2) is 9.97 Å². The van der Waals surface area contributed by atoms with Crippen molar-refractivity contribution in [3.8, 4) is 11.4 Å². The number of fused-ring (bicyclic) bond motifs is 15. The van der Waals surface area contributed by atoms with E-state index < -0.39 is 0 Å². The van der Waals surface area contributed by atoms with Gasteiger partial charge in [0.1, 0.15) is 6.33 Å². The number of aromatic nitrogens is 4. The monoisotopic (exact) mass is 622 g/mol. The molecule has 0 saturated carbocycles. The van der Waals surface area contributed by atoms with Crippen LogP contribution in [-0.2, 0) is 0 Å². The van der Waals surface area contributed by atoms with Crippen molar-refractivity contribution in [3.05, 3.63) is 134 Å². The molecule has 46 heavy (non-hydrogen) atoms. The number of para-hydroxylation sites is 3. The van der Waals surface area contributed by atoms with Gasteiger partial charge >= 0.3 is 0 Å². The summed E-state index contributed by atoms with van der Waals surface area (Å²) in [4.78, 5) is 9.36. The molecule has 11 rings (SSSR count). The van der Waals surface area contributed by atoms with E-state index in [2.05, 4.69) is 135 Å². The zero-order chi connectivity index (χ0) is 29.9. The summed E-state index contributed by atoms with van der Waals surface area (Å²) in [5, 5.41) is 8.78. The fourth-order valence-corrected chi connectivity index (χ4v) is 9.91. The van der Waals surface area contributed by atoms with Crippen molar-refractivity contribution in [3.63, 3.8) is 0 Å². The van der Waals surface area contributed by atoms with E-state index in [4.69, 9.17) is 4.98 Å². The van der Waals surface area contributed by atoms with E-state index in [0.717, 1.165) is 15.9 Å². The van der Waals surface area contributed by atoms with Crippen molar-refractivity contribution in [2.24, 2.45) is 0 Å². The zero-order valence-corrected chi connectivity index (χ0v) is 25.9. The highest BCUT2D eigenvalue weighted by atomic mass is 32.1. The summed E-state index contributed by atoms with van der Waals surface area (Å²) >= 11 is 3.66. The molecule has 0 atom stereocenters. The largest absolute Gasteiger partial charge is 0.308 e. The number of hydrogen-bond donors (Lipinski definition) is 0. The number of nitrogens with zero attached hydrogens (tertiary/aromatic N) is 4. The molecule has 6 aromatic carbocycles. The van der Waals surface area contributed by atoms with Gasteiger partial charge in [0, 0.05) is 69.4 Å². The minimum absolute atomic E-state index is 1.00. The Kier molecular flexibility index (Phi) is 4.84. The van der Waals surface area contributed by atoms with Crippen molar-refractivity contribution in [1.29, 1.82) is 0 Å². The van der Waals surface area contributed by atoms with Crippen LogP contribution in [-0.4, -0.2) is 19.1 Å². The molecule has 11 aromatic rings. The highest BCUT2D eigenvalue weighted by molar-refractivity contribution is 7.27. The zero-order valence-electron chi connectivity index (χ0n) is 24.3. The molecule has 0 aliphatic heterocycles. The lowest BCUT2D eigenvalue weighted by atomic mass is 10.0. The Bertz CT molecular complexity index is 3030. The average Bonchev–Trinajstić information content (AvgIpc) is 3.85. The molecule has 0 radical (unpaired) electrons. The van der Waals surface area contributed by atoms with E-state index in [0.29, 0.717) is 0 Å². The van der Waals surface area contributed by atoms with Crippen molar-refractivity contribution >= 4 is 107 Å². The third-order valence-corrected chi connectivity index (χ3v) is 11.7. The lowest BCUT2D eigenvalue weighted by molar-refractivity contribution is 1.18. The van der Waals surface area contributed by atoms with Gasteiger partial charge in [0.25, 0.3) is 0 Å². The molecule has 214 valence electrons. The fraction of sp³-hybridized carbons (Fsp3) is 0. The molecule has 5 aromatic heterocycles. The van der Waals surface area contributed by atoms with Crippen LogP contribution < -0.4 is 0 Å². The number of rotatable bonds is 2. The van der Waals surface area contributed by atoms with Gasteiger partial charge in [-0.3, -0.25) is 0 Å². The standard InChI is InChI=1S/C40H22N4S2/c1-2-10-23(11-3-1)43-29-15-7-4-13-26(29)34-38-35(40-36(39(34)43)37-33(46-40)21-41-22-42-37)27-14-5-8-16-30(27)44(38)24-18-19-32-28(20-24)25-12-6-9-17-31(25)45-32/h1-22H. The Morgan fingerprint density at radius 1 is 0.478 bits per heavy atom. The van der Waals surface area contributed by atoms with E-state index in [1.807, 2.05) is 17.5 Å². The van der Waals surface area contributed by atoms with Crippen LogP contribution in [0, 0.1) is 0 Å². The number of thiophene rings is 2. The SMILES string of the molecule is c1ccc(-n2c3ccccc3c3c4c(c5ccccc5n4-c4ccc5sc6ccccc6c5c4)c4sc5cncnc5c4c32)cc1. The summed E-state index contributed by atoms with van der Waals surface area (Å²) in [5.41, 5.74) is 8.10. The highest BCUT2D eigenvalue weighted by Gasteiger charge is 2.27. The second kappa shape index (κ2) is 9.01. The molecule has 0 aliphatic carbocycles. The van der Waals surface area contributed by atoms with Gasteiger partial charge < -0.3 is 9.13 Å². The predicted octanol–water partition coefficient (Wildman–Crippen LogP) is 11.4. The molecular formula is C40H22N4S2. The molecule has 0 saturated heterocycles. The lowest BCUT2D eigenvalue weighted by Gasteiger charge is -2.12. The normalized spacial score (nSPS) is 12.3.